The second-order valence-electron chi connectivity index (χ2n) is 3.57. The van der Waals surface area contributed by atoms with E-state index in [0.717, 1.165) is 18.4 Å². The minimum absolute atomic E-state index is 0.0532. The van der Waals surface area contributed by atoms with E-state index in [1.807, 2.05) is 0 Å². The predicted octanol–water partition coefficient (Wildman–Crippen LogP) is 1.87. The van der Waals surface area contributed by atoms with Gasteiger partial charge >= 0.3 is 6.09 Å². The standard InChI is InChI=1S/C11H12FNO2/c12-9-4-1-8(2-5-9)3-6-10-7-13-11(14)15-10/h1-2,4-5,10H,3,6-7H2,(H,13,14). The molecule has 80 valence electrons. The number of alkyl carbamates (subject to hydrolysis) is 1. The van der Waals surface area contributed by atoms with Crippen LogP contribution in [0.3, 0.4) is 0 Å². The third-order valence-electron chi connectivity index (χ3n) is 2.42. The molecular formula is C11H12FNO2. The van der Waals surface area contributed by atoms with Gasteiger partial charge in [-0.1, -0.05) is 12.1 Å². The Kier molecular flexibility index (Phi) is 2.85. The van der Waals surface area contributed by atoms with Gasteiger partial charge in [0.2, 0.25) is 0 Å². The molecule has 0 aromatic heterocycles. The molecule has 4 heteroatoms. The SMILES string of the molecule is O=C1NCC(CCc2ccc(F)cc2)O1. The van der Waals surface area contributed by atoms with Crippen molar-refractivity contribution in [1.82, 2.24) is 5.32 Å². The Labute approximate surface area is 87.2 Å². The third-order valence-corrected chi connectivity index (χ3v) is 2.42. The number of carbonyl (C=O) groups is 1. The fourth-order valence-corrected chi connectivity index (χ4v) is 1.57. The van der Waals surface area contributed by atoms with Crippen LogP contribution in [0.25, 0.3) is 0 Å². The highest BCUT2D eigenvalue weighted by molar-refractivity contribution is 5.69. The van der Waals surface area contributed by atoms with Gasteiger partial charge in [-0.15, -0.1) is 0 Å². The molecule has 3 nitrogen and oxygen atoms in total. The molecule has 1 fully saturated rings. The van der Waals surface area contributed by atoms with Crippen LogP contribution in [0, 0.1) is 5.82 Å². The Morgan fingerprint density at radius 1 is 1.40 bits per heavy atom. The molecule has 1 unspecified atom stereocenters. The van der Waals surface area contributed by atoms with Crippen LogP contribution in [0.5, 0.6) is 0 Å². The zero-order chi connectivity index (χ0) is 10.7. The number of ether oxygens (including phenoxy) is 1. The lowest BCUT2D eigenvalue weighted by Crippen LogP contribution is -2.15. The van der Waals surface area contributed by atoms with Gasteiger partial charge in [-0.2, -0.15) is 0 Å². The summed E-state index contributed by atoms with van der Waals surface area (Å²) in [6, 6.07) is 6.38. The quantitative estimate of drug-likeness (QED) is 0.825. The van der Waals surface area contributed by atoms with Crippen LogP contribution in [0.15, 0.2) is 24.3 Å². The highest BCUT2D eigenvalue weighted by Crippen LogP contribution is 2.11. The molecule has 0 saturated carbocycles. The van der Waals surface area contributed by atoms with Gasteiger partial charge in [0.25, 0.3) is 0 Å². The summed E-state index contributed by atoms with van der Waals surface area (Å²) in [5.74, 6) is -0.229. The second-order valence-corrected chi connectivity index (χ2v) is 3.57. The summed E-state index contributed by atoms with van der Waals surface area (Å²) in [4.78, 5) is 10.7. The summed E-state index contributed by atoms with van der Waals surface area (Å²) < 4.78 is 17.6. The summed E-state index contributed by atoms with van der Waals surface area (Å²) in [6.07, 6.45) is 1.16. The van der Waals surface area contributed by atoms with Crippen molar-refractivity contribution in [1.29, 1.82) is 0 Å². The fraction of sp³-hybridized carbons (Fsp3) is 0.364. The molecule has 1 saturated heterocycles. The summed E-state index contributed by atoms with van der Waals surface area (Å²) in [5.41, 5.74) is 1.05. The molecule has 1 aliphatic rings. The molecule has 0 bridgehead atoms. The molecule has 1 aliphatic heterocycles. The van der Waals surface area contributed by atoms with Crippen LogP contribution in [0.2, 0.25) is 0 Å². The Morgan fingerprint density at radius 2 is 2.13 bits per heavy atom. The van der Waals surface area contributed by atoms with Crippen molar-refractivity contribution in [2.45, 2.75) is 18.9 Å². The molecule has 2 rings (SSSR count). The minimum Gasteiger partial charge on any atom is -0.444 e. The van der Waals surface area contributed by atoms with Crippen LogP contribution in [0.4, 0.5) is 9.18 Å². The van der Waals surface area contributed by atoms with Crippen LogP contribution < -0.4 is 5.32 Å². The molecule has 0 spiro atoms. The number of carbonyl (C=O) groups excluding carboxylic acids is 1. The number of hydrogen-bond acceptors (Lipinski definition) is 2. The monoisotopic (exact) mass is 209 g/mol. The van der Waals surface area contributed by atoms with Gasteiger partial charge in [0.15, 0.2) is 0 Å². The predicted molar refractivity (Wildman–Crippen MR) is 53.0 cm³/mol. The third kappa shape index (κ3) is 2.68. The molecule has 1 amide bonds. The first-order chi connectivity index (χ1) is 7.24. The van der Waals surface area contributed by atoms with E-state index in [2.05, 4.69) is 5.32 Å². The largest absolute Gasteiger partial charge is 0.444 e. The van der Waals surface area contributed by atoms with Crippen LogP contribution in [-0.4, -0.2) is 18.7 Å². The molecule has 15 heavy (non-hydrogen) atoms. The van der Waals surface area contributed by atoms with E-state index in [4.69, 9.17) is 4.74 Å². The van der Waals surface area contributed by atoms with Crippen molar-refractivity contribution in [3.63, 3.8) is 0 Å². The minimum atomic E-state index is -0.348. The normalized spacial score (nSPS) is 19.8. The number of amides is 1. The number of cyclic esters (lactones) is 1. The number of rotatable bonds is 3. The number of halogens is 1. The van der Waals surface area contributed by atoms with Gasteiger partial charge in [-0.05, 0) is 30.5 Å². The first kappa shape index (κ1) is 9.96. The first-order valence-corrected chi connectivity index (χ1v) is 4.93. The average molecular weight is 209 g/mol. The molecule has 0 aliphatic carbocycles. The number of hydrogen-bond donors (Lipinski definition) is 1. The van der Waals surface area contributed by atoms with Gasteiger partial charge in [0.1, 0.15) is 11.9 Å². The van der Waals surface area contributed by atoms with Gasteiger partial charge in [-0.3, -0.25) is 0 Å². The molecule has 1 atom stereocenters. The van der Waals surface area contributed by atoms with E-state index in [9.17, 15) is 9.18 Å². The van der Waals surface area contributed by atoms with Crippen molar-refractivity contribution >= 4 is 6.09 Å². The van der Waals surface area contributed by atoms with Crippen molar-refractivity contribution in [2.75, 3.05) is 6.54 Å². The zero-order valence-electron chi connectivity index (χ0n) is 8.20. The van der Waals surface area contributed by atoms with Crippen LogP contribution in [0.1, 0.15) is 12.0 Å². The van der Waals surface area contributed by atoms with Gasteiger partial charge in [0, 0.05) is 0 Å². The van der Waals surface area contributed by atoms with E-state index >= 15 is 0 Å². The molecule has 1 aromatic carbocycles. The summed E-state index contributed by atoms with van der Waals surface area (Å²) >= 11 is 0. The molecule has 0 radical (unpaired) electrons. The lowest BCUT2D eigenvalue weighted by Gasteiger charge is -2.06. The van der Waals surface area contributed by atoms with Crippen molar-refractivity contribution in [2.24, 2.45) is 0 Å². The number of nitrogens with one attached hydrogen (secondary N) is 1. The number of aryl methyl sites for hydroxylation is 1. The molecule has 1 heterocycles. The van der Waals surface area contributed by atoms with Crippen molar-refractivity contribution in [3.8, 4) is 0 Å². The Bertz CT molecular complexity index is 350. The van der Waals surface area contributed by atoms with Gasteiger partial charge in [-0.25, -0.2) is 9.18 Å². The van der Waals surface area contributed by atoms with Crippen molar-refractivity contribution in [3.05, 3.63) is 35.6 Å². The molecule has 1 aromatic rings. The smallest absolute Gasteiger partial charge is 0.407 e. The van der Waals surface area contributed by atoms with Gasteiger partial charge in [0.05, 0.1) is 6.54 Å². The maximum Gasteiger partial charge on any atom is 0.407 e. The van der Waals surface area contributed by atoms with E-state index in [-0.39, 0.29) is 18.0 Å². The summed E-state index contributed by atoms with van der Waals surface area (Å²) in [5, 5.41) is 2.59. The van der Waals surface area contributed by atoms with Crippen molar-refractivity contribution < 1.29 is 13.9 Å². The zero-order valence-corrected chi connectivity index (χ0v) is 8.20. The highest BCUT2D eigenvalue weighted by atomic mass is 19.1. The average Bonchev–Trinajstić information content (AvgIpc) is 2.64. The van der Waals surface area contributed by atoms with Crippen LogP contribution >= 0.6 is 0 Å². The van der Waals surface area contributed by atoms with Gasteiger partial charge < -0.3 is 10.1 Å². The second kappa shape index (κ2) is 4.29. The maximum atomic E-state index is 12.6. The summed E-state index contributed by atoms with van der Waals surface area (Å²) in [6.45, 7) is 0.569. The van der Waals surface area contributed by atoms with E-state index < -0.39 is 0 Å². The topological polar surface area (TPSA) is 38.3 Å². The fourth-order valence-electron chi connectivity index (χ4n) is 1.57. The Morgan fingerprint density at radius 3 is 2.73 bits per heavy atom. The van der Waals surface area contributed by atoms with E-state index in [0.29, 0.717) is 6.54 Å². The van der Waals surface area contributed by atoms with E-state index in [1.165, 1.54) is 12.1 Å². The molecule has 1 N–H and O–H groups in total. The van der Waals surface area contributed by atoms with Crippen LogP contribution in [-0.2, 0) is 11.2 Å². The number of benzene rings is 1. The lowest BCUT2D eigenvalue weighted by atomic mass is 10.1. The first-order valence-electron chi connectivity index (χ1n) is 4.93. The summed E-state index contributed by atoms with van der Waals surface area (Å²) in [7, 11) is 0. The maximum absolute atomic E-state index is 12.6. The lowest BCUT2D eigenvalue weighted by molar-refractivity contribution is 0.136. The highest BCUT2D eigenvalue weighted by Gasteiger charge is 2.21. The molecular weight excluding hydrogens is 197 g/mol. The van der Waals surface area contributed by atoms with E-state index in [1.54, 1.807) is 12.1 Å². The Hall–Kier alpha value is -1.58. The Balaban J connectivity index is 1.83.